The monoisotopic (exact) mass is 237 g/mol. The lowest BCUT2D eigenvalue weighted by Gasteiger charge is -2.03. The van der Waals surface area contributed by atoms with Crippen molar-refractivity contribution in [3.63, 3.8) is 0 Å². The predicted molar refractivity (Wildman–Crippen MR) is 65.7 cm³/mol. The van der Waals surface area contributed by atoms with Crippen molar-refractivity contribution in [3.05, 3.63) is 41.5 Å². The van der Waals surface area contributed by atoms with Crippen molar-refractivity contribution < 1.29 is 8.78 Å². The van der Waals surface area contributed by atoms with E-state index in [0.717, 1.165) is 24.6 Å². The highest BCUT2D eigenvalue weighted by Gasteiger charge is 2.19. The second-order valence-electron chi connectivity index (χ2n) is 4.56. The van der Waals surface area contributed by atoms with E-state index in [0.29, 0.717) is 11.6 Å². The van der Waals surface area contributed by atoms with Crippen LogP contribution in [0.25, 0.3) is 5.57 Å². The van der Waals surface area contributed by atoms with Gasteiger partial charge in [0.2, 0.25) is 0 Å². The molecule has 1 aromatic carbocycles. The molecule has 2 rings (SSSR count). The third-order valence-corrected chi connectivity index (χ3v) is 2.92. The number of rotatable bonds is 5. The van der Waals surface area contributed by atoms with Crippen molar-refractivity contribution in [1.82, 2.24) is 5.32 Å². The third-order valence-electron chi connectivity index (χ3n) is 2.92. The van der Waals surface area contributed by atoms with E-state index in [1.165, 1.54) is 25.0 Å². The molecule has 0 bridgehead atoms. The summed E-state index contributed by atoms with van der Waals surface area (Å²) >= 11 is 0. The average molecular weight is 237 g/mol. The van der Waals surface area contributed by atoms with Crippen molar-refractivity contribution in [2.45, 2.75) is 32.2 Å². The molecule has 0 atom stereocenters. The predicted octanol–water partition coefficient (Wildman–Crippen LogP) is 3.51. The van der Waals surface area contributed by atoms with Crippen LogP contribution in [0.1, 0.15) is 31.7 Å². The number of hydrogen-bond acceptors (Lipinski definition) is 1. The van der Waals surface area contributed by atoms with Crippen molar-refractivity contribution in [2.24, 2.45) is 0 Å². The normalized spacial score (nSPS) is 16.3. The van der Waals surface area contributed by atoms with Crippen LogP contribution in [-0.4, -0.2) is 12.6 Å². The zero-order valence-corrected chi connectivity index (χ0v) is 9.97. The Labute approximate surface area is 101 Å². The van der Waals surface area contributed by atoms with Crippen LogP contribution in [0.2, 0.25) is 0 Å². The largest absolute Gasteiger partial charge is 0.314 e. The molecule has 1 saturated carbocycles. The van der Waals surface area contributed by atoms with Gasteiger partial charge in [0.05, 0.1) is 0 Å². The summed E-state index contributed by atoms with van der Waals surface area (Å²) in [6, 6.07) is 4.33. The molecule has 1 N–H and O–H groups in total. The molecule has 0 aromatic heterocycles. The van der Waals surface area contributed by atoms with Gasteiger partial charge in [-0.25, -0.2) is 8.78 Å². The lowest BCUT2D eigenvalue weighted by Crippen LogP contribution is -2.16. The van der Waals surface area contributed by atoms with Crippen LogP contribution in [-0.2, 0) is 0 Å². The Morgan fingerprint density at radius 2 is 1.94 bits per heavy atom. The highest BCUT2D eigenvalue weighted by Crippen LogP contribution is 2.19. The van der Waals surface area contributed by atoms with Gasteiger partial charge in [-0.3, -0.25) is 0 Å². The molecule has 1 nitrogen and oxygen atoms in total. The van der Waals surface area contributed by atoms with Gasteiger partial charge in [0.25, 0.3) is 0 Å². The Morgan fingerprint density at radius 3 is 2.53 bits per heavy atom. The summed E-state index contributed by atoms with van der Waals surface area (Å²) < 4.78 is 26.0. The Kier molecular flexibility index (Phi) is 3.89. The van der Waals surface area contributed by atoms with Crippen LogP contribution in [0.15, 0.2) is 24.3 Å². The summed E-state index contributed by atoms with van der Waals surface area (Å²) in [5, 5.41) is 3.39. The summed E-state index contributed by atoms with van der Waals surface area (Å²) in [6.45, 7) is 2.81. The van der Waals surface area contributed by atoms with Crippen LogP contribution in [0.5, 0.6) is 0 Å². The summed E-state index contributed by atoms with van der Waals surface area (Å²) in [6.07, 6.45) is 5.46. The molecule has 92 valence electrons. The molecule has 0 amide bonds. The quantitative estimate of drug-likeness (QED) is 0.773. The summed E-state index contributed by atoms with van der Waals surface area (Å²) in [4.78, 5) is 0. The molecule has 0 radical (unpaired) electrons. The molecule has 0 spiro atoms. The minimum absolute atomic E-state index is 0.524. The number of benzene rings is 1. The minimum atomic E-state index is -0.524. The molecule has 17 heavy (non-hydrogen) atoms. The zero-order chi connectivity index (χ0) is 12.3. The van der Waals surface area contributed by atoms with E-state index < -0.39 is 11.6 Å². The molecular formula is C14H17F2N. The van der Waals surface area contributed by atoms with Crippen LogP contribution < -0.4 is 5.32 Å². The van der Waals surface area contributed by atoms with Crippen LogP contribution in [0.4, 0.5) is 8.78 Å². The van der Waals surface area contributed by atoms with E-state index in [2.05, 4.69) is 5.32 Å². The van der Waals surface area contributed by atoms with Crippen molar-refractivity contribution in [2.75, 3.05) is 6.54 Å². The first-order valence-electron chi connectivity index (χ1n) is 6.02. The average Bonchev–Trinajstić information content (AvgIpc) is 3.06. The smallest absolute Gasteiger partial charge is 0.126 e. The fourth-order valence-corrected chi connectivity index (χ4v) is 1.76. The van der Waals surface area contributed by atoms with Crippen LogP contribution in [0, 0.1) is 11.6 Å². The van der Waals surface area contributed by atoms with E-state index >= 15 is 0 Å². The molecule has 0 aliphatic heterocycles. The minimum Gasteiger partial charge on any atom is -0.314 e. The molecule has 0 saturated heterocycles. The number of halogens is 2. The van der Waals surface area contributed by atoms with E-state index in [-0.39, 0.29) is 0 Å². The number of hydrogen-bond donors (Lipinski definition) is 1. The maximum absolute atomic E-state index is 13.0. The van der Waals surface area contributed by atoms with E-state index in [1.807, 2.05) is 13.0 Å². The van der Waals surface area contributed by atoms with E-state index in [1.54, 1.807) is 0 Å². The molecule has 1 fully saturated rings. The first kappa shape index (κ1) is 12.2. The Morgan fingerprint density at radius 1 is 1.29 bits per heavy atom. The summed E-state index contributed by atoms with van der Waals surface area (Å²) in [5.41, 5.74) is 1.54. The highest BCUT2D eigenvalue weighted by atomic mass is 19.1. The second kappa shape index (κ2) is 5.41. The van der Waals surface area contributed by atoms with Gasteiger partial charge in [-0.05, 0) is 56.0 Å². The van der Waals surface area contributed by atoms with Crippen molar-refractivity contribution in [3.8, 4) is 0 Å². The van der Waals surface area contributed by atoms with Gasteiger partial charge < -0.3 is 5.32 Å². The summed E-state index contributed by atoms with van der Waals surface area (Å²) in [7, 11) is 0. The first-order valence-corrected chi connectivity index (χ1v) is 6.02. The molecule has 0 unspecified atom stereocenters. The first-order chi connectivity index (χ1) is 8.15. The SMILES string of the molecule is CC(=CCCNC1CC1)c1cc(F)cc(F)c1. The fourth-order valence-electron chi connectivity index (χ4n) is 1.76. The van der Waals surface area contributed by atoms with Gasteiger partial charge in [0.15, 0.2) is 0 Å². The van der Waals surface area contributed by atoms with E-state index in [9.17, 15) is 8.78 Å². The van der Waals surface area contributed by atoms with Gasteiger partial charge in [0, 0.05) is 12.1 Å². The fraction of sp³-hybridized carbons (Fsp3) is 0.429. The van der Waals surface area contributed by atoms with Gasteiger partial charge in [0.1, 0.15) is 11.6 Å². The third kappa shape index (κ3) is 3.93. The van der Waals surface area contributed by atoms with Crippen LogP contribution in [0.3, 0.4) is 0 Å². The van der Waals surface area contributed by atoms with Gasteiger partial charge in [-0.2, -0.15) is 0 Å². The molecule has 1 aliphatic carbocycles. The Bertz CT molecular complexity index is 402. The molecule has 1 aromatic rings. The van der Waals surface area contributed by atoms with E-state index in [4.69, 9.17) is 0 Å². The molecular weight excluding hydrogens is 220 g/mol. The lowest BCUT2D eigenvalue weighted by molar-refractivity contribution is 0.582. The molecule has 0 heterocycles. The second-order valence-corrected chi connectivity index (χ2v) is 4.56. The van der Waals surface area contributed by atoms with Gasteiger partial charge in [-0.15, -0.1) is 0 Å². The highest BCUT2D eigenvalue weighted by molar-refractivity contribution is 5.63. The van der Waals surface area contributed by atoms with Crippen molar-refractivity contribution in [1.29, 1.82) is 0 Å². The van der Waals surface area contributed by atoms with Crippen LogP contribution >= 0.6 is 0 Å². The number of allylic oxidation sites excluding steroid dienone is 1. The summed E-state index contributed by atoms with van der Waals surface area (Å²) in [5.74, 6) is -1.05. The molecule has 1 aliphatic rings. The number of nitrogens with one attached hydrogen (secondary N) is 1. The Hall–Kier alpha value is -1.22. The lowest BCUT2D eigenvalue weighted by atomic mass is 10.1. The van der Waals surface area contributed by atoms with Gasteiger partial charge >= 0.3 is 0 Å². The standard InChI is InChI=1S/C14H17F2N/c1-10(3-2-6-17-14-4-5-14)11-7-12(15)9-13(16)8-11/h3,7-9,14,17H,2,4-6H2,1H3. The maximum atomic E-state index is 13.0. The van der Waals surface area contributed by atoms with Gasteiger partial charge in [-0.1, -0.05) is 6.08 Å². The zero-order valence-electron chi connectivity index (χ0n) is 9.97. The molecule has 3 heteroatoms. The van der Waals surface area contributed by atoms with Crippen molar-refractivity contribution >= 4 is 5.57 Å². The topological polar surface area (TPSA) is 12.0 Å². The Balaban J connectivity index is 1.91. The maximum Gasteiger partial charge on any atom is 0.126 e.